The van der Waals surface area contributed by atoms with Gasteiger partial charge < -0.3 is 5.32 Å². The molecule has 3 aromatic carbocycles. The van der Waals surface area contributed by atoms with Crippen molar-refractivity contribution in [3.8, 4) is 5.69 Å². The normalized spacial score (nSPS) is 11.7. The molecule has 0 saturated heterocycles. The number of aromatic nitrogens is 2. The molecule has 0 saturated carbocycles. The van der Waals surface area contributed by atoms with Gasteiger partial charge in [0.05, 0.1) is 24.0 Å². The van der Waals surface area contributed by atoms with Crippen molar-refractivity contribution in [1.29, 1.82) is 0 Å². The number of nitrogens with zero attached hydrogens (tertiary/aromatic N) is 4. The predicted molar refractivity (Wildman–Crippen MR) is 131 cm³/mol. The smallest absolute Gasteiger partial charge is 0.274 e. The Kier molecular flexibility index (Phi) is 6.34. The van der Waals surface area contributed by atoms with Gasteiger partial charge in [-0.1, -0.05) is 54.6 Å². The highest BCUT2D eigenvalue weighted by molar-refractivity contribution is 6.03. The summed E-state index contributed by atoms with van der Waals surface area (Å²) in [5.74, 6) is -0.262. The van der Waals surface area contributed by atoms with E-state index in [0.29, 0.717) is 22.8 Å². The van der Waals surface area contributed by atoms with Gasteiger partial charge in [-0.3, -0.25) is 9.69 Å². The van der Waals surface area contributed by atoms with E-state index in [0.717, 1.165) is 11.3 Å². The first-order valence-electron chi connectivity index (χ1n) is 10.6. The number of carbonyl (C=O) groups excluding carboxylic acids is 1. The molecule has 0 aliphatic carbocycles. The third-order valence-corrected chi connectivity index (χ3v) is 5.36. The van der Waals surface area contributed by atoms with Crippen LogP contribution in [0.5, 0.6) is 0 Å². The van der Waals surface area contributed by atoms with Crippen LogP contribution < -0.4 is 5.32 Å². The molecule has 0 radical (unpaired) electrons. The van der Waals surface area contributed by atoms with Gasteiger partial charge in [0.1, 0.15) is 5.69 Å². The average molecular weight is 436 g/mol. The fraction of sp³-hybridized carbons (Fsp3) is 0.148. The fourth-order valence-corrected chi connectivity index (χ4v) is 3.96. The molecule has 1 unspecified atom stereocenters. The molecule has 1 atom stereocenters. The molecule has 0 aliphatic heterocycles. The summed E-state index contributed by atoms with van der Waals surface area (Å²) in [7, 11) is 4.09. The number of amides is 1. The largest absolute Gasteiger partial charge is 0.321 e. The number of carbonyl (C=O) groups is 1. The molecule has 1 heterocycles. The van der Waals surface area contributed by atoms with E-state index in [1.165, 1.54) is 5.56 Å². The van der Waals surface area contributed by atoms with E-state index in [1.807, 2.05) is 63.5 Å². The third kappa shape index (κ3) is 4.84. The van der Waals surface area contributed by atoms with Crippen LogP contribution in [-0.4, -0.2) is 34.7 Å². The highest BCUT2D eigenvalue weighted by atomic mass is 16.2. The Morgan fingerprint density at radius 1 is 0.970 bits per heavy atom. The van der Waals surface area contributed by atoms with E-state index in [2.05, 4.69) is 38.4 Å². The number of nitrogens with one attached hydrogen (secondary N) is 1. The number of hydrogen-bond donors (Lipinski definition) is 1. The van der Waals surface area contributed by atoms with Gasteiger partial charge in [0.2, 0.25) is 0 Å². The maximum Gasteiger partial charge on any atom is 0.274 e. The van der Waals surface area contributed by atoms with Crippen LogP contribution in [0.3, 0.4) is 0 Å². The first-order valence-corrected chi connectivity index (χ1v) is 10.6. The van der Waals surface area contributed by atoms with Crippen LogP contribution in [0.1, 0.15) is 33.4 Å². The van der Waals surface area contributed by atoms with E-state index in [4.69, 9.17) is 6.57 Å². The summed E-state index contributed by atoms with van der Waals surface area (Å²) in [5.41, 5.74) is 5.27. The molecular weight excluding hydrogens is 410 g/mol. The van der Waals surface area contributed by atoms with Gasteiger partial charge in [0.25, 0.3) is 5.91 Å². The maximum absolute atomic E-state index is 13.2. The zero-order valence-corrected chi connectivity index (χ0v) is 18.9. The van der Waals surface area contributed by atoms with Gasteiger partial charge in [0.15, 0.2) is 5.69 Å². The second-order valence-electron chi connectivity index (χ2n) is 8.07. The number of hydrogen-bond acceptors (Lipinski definition) is 3. The fourth-order valence-electron chi connectivity index (χ4n) is 3.96. The molecule has 164 valence electrons. The lowest BCUT2D eigenvalue weighted by Crippen LogP contribution is -2.21. The van der Waals surface area contributed by atoms with Crippen LogP contribution in [0.2, 0.25) is 0 Å². The minimum atomic E-state index is -0.262. The topological polar surface area (TPSA) is 54.5 Å². The zero-order valence-electron chi connectivity index (χ0n) is 18.9. The van der Waals surface area contributed by atoms with E-state index in [-0.39, 0.29) is 11.9 Å². The lowest BCUT2D eigenvalue weighted by Gasteiger charge is -2.25. The molecular formula is C27H25N5O. The second kappa shape index (κ2) is 9.51. The first kappa shape index (κ1) is 22.0. The van der Waals surface area contributed by atoms with Crippen molar-refractivity contribution in [3.63, 3.8) is 0 Å². The van der Waals surface area contributed by atoms with E-state index in [9.17, 15) is 4.79 Å². The van der Waals surface area contributed by atoms with E-state index < -0.39 is 0 Å². The van der Waals surface area contributed by atoms with E-state index >= 15 is 0 Å². The van der Waals surface area contributed by atoms with Crippen molar-refractivity contribution in [2.75, 3.05) is 19.4 Å². The van der Waals surface area contributed by atoms with Crippen LogP contribution in [0, 0.1) is 13.5 Å². The Morgan fingerprint density at radius 3 is 2.42 bits per heavy atom. The van der Waals surface area contributed by atoms with Crippen molar-refractivity contribution in [2.24, 2.45) is 0 Å². The molecule has 0 aliphatic rings. The molecule has 4 aromatic rings. The Labute approximate surface area is 193 Å². The van der Waals surface area contributed by atoms with Crippen molar-refractivity contribution >= 4 is 17.3 Å². The Balaban J connectivity index is 1.64. The minimum absolute atomic E-state index is 0.0622. The lowest BCUT2D eigenvalue weighted by molar-refractivity contribution is 0.101. The maximum atomic E-state index is 13.2. The van der Waals surface area contributed by atoms with Crippen LogP contribution in [0.25, 0.3) is 10.5 Å². The van der Waals surface area contributed by atoms with E-state index in [1.54, 1.807) is 28.9 Å². The Hall–Kier alpha value is -4.21. The molecule has 6 nitrogen and oxygen atoms in total. The summed E-state index contributed by atoms with van der Waals surface area (Å²) < 4.78 is 1.58. The lowest BCUT2D eigenvalue weighted by atomic mass is 9.97. The molecule has 1 N–H and O–H groups in total. The summed E-state index contributed by atoms with van der Waals surface area (Å²) in [4.78, 5) is 18.8. The standard InChI is InChI=1S/C27H25N5O/c1-19-16-25(32(30-19)24-15-9-13-22(18-24)28-2)27(33)29-23-14-8-12-21(17-23)26(31(3)4)20-10-6-5-7-11-20/h5-18,26H,1,3-4H3,(H,29,33). The summed E-state index contributed by atoms with van der Waals surface area (Å²) >= 11 is 0. The van der Waals surface area contributed by atoms with Gasteiger partial charge in [-0.2, -0.15) is 5.10 Å². The predicted octanol–water partition coefficient (Wildman–Crippen LogP) is 5.63. The summed E-state index contributed by atoms with van der Waals surface area (Å²) in [6.07, 6.45) is 0. The highest BCUT2D eigenvalue weighted by Gasteiger charge is 2.19. The number of benzene rings is 3. The Bertz CT molecular complexity index is 1320. The molecule has 1 aromatic heterocycles. The van der Waals surface area contributed by atoms with Gasteiger partial charge in [0, 0.05) is 5.69 Å². The third-order valence-electron chi connectivity index (χ3n) is 5.36. The summed E-state index contributed by atoms with van der Waals surface area (Å²) in [6.45, 7) is 9.10. The Morgan fingerprint density at radius 2 is 1.70 bits per heavy atom. The number of rotatable bonds is 6. The SMILES string of the molecule is [C-]#[N+]c1cccc(-n2nc(C)cc2C(=O)Nc2cccc(C(c3ccccc3)N(C)C)c2)c1. The number of aryl methyl sites for hydroxylation is 1. The molecule has 0 fully saturated rings. The molecule has 0 bridgehead atoms. The van der Waals surface area contributed by atoms with Crippen LogP contribution >= 0.6 is 0 Å². The zero-order chi connectivity index (χ0) is 23.4. The van der Waals surface area contributed by atoms with Crippen molar-refractivity contribution < 1.29 is 4.79 Å². The van der Waals surface area contributed by atoms with Crippen LogP contribution in [-0.2, 0) is 0 Å². The monoisotopic (exact) mass is 435 g/mol. The first-order chi connectivity index (χ1) is 16.0. The molecule has 6 heteroatoms. The van der Waals surface area contributed by atoms with Crippen LogP contribution in [0.4, 0.5) is 11.4 Å². The highest BCUT2D eigenvalue weighted by Crippen LogP contribution is 2.28. The van der Waals surface area contributed by atoms with Crippen molar-refractivity contribution in [3.05, 3.63) is 119 Å². The van der Waals surface area contributed by atoms with Crippen LogP contribution in [0.15, 0.2) is 84.9 Å². The molecule has 1 amide bonds. The molecule has 33 heavy (non-hydrogen) atoms. The van der Waals surface area contributed by atoms with Crippen molar-refractivity contribution in [1.82, 2.24) is 14.7 Å². The van der Waals surface area contributed by atoms with Gasteiger partial charge in [-0.25, -0.2) is 9.53 Å². The van der Waals surface area contributed by atoms with Crippen molar-refractivity contribution in [2.45, 2.75) is 13.0 Å². The number of anilines is 1. The minimum Gasteiger partial charge on any atom is -0.321 e. The summed E-state index contributed by atoms with van der Waals surface area (Å²) in [6, 6.07) is 27.1. The quantitative estimate of drug-likeness (QED) is 0.399. The molecule has 0 spiro atoms. The van der Waals surface area contributed by atoms with Gasteiger partial charge >= 0.3 is 0 Å². The van der Waals surface area contributed by atoms with Gasteiger partial charge in [-0.15, -0.1) is 0 Å². The average Bonchev–Trinajstić information content (AvgIpc) is 3.22. The molecule has 4 rings (SSSR count). The van der Waals surface area contributed by atoms with Gasteiger partial charge in [-0.05, 0) is 62.5 Å². The second-order valence-corrected chi connectivity index (χ2v) is 8.07. The summed E-state index contributed by atoms with van der Waals surface area (Å²) in [5, 5.41) is 7.49.